The Morgan fingerprint density at radius 2 is 2.11 bits per heavy atom. The molecule has 2 aromatic rings. The quantitative estimate of drug-likeness (QED) is 0.868. The molecule has 18 heavy (non-hydrogen) atoms. The van der Waals surface area contributed by atoms with Crippen LogP contribution < -0.4 is 5.32 Å². The van der Waals surface area contributed by atoms with Gasteiger partial charge in [-0.25, -0.2) is 9.18 Å². The molecule has 0 saturated heterocycles. The van der Waals surface area contributed by atoms with E-state index in [-0.39, 0.29) is 11.5 Å². The molecule has 0 atom stereocenters. The summed E-state index contributed by atoms with van der Waals surface area (Å²) in [5.41, 5.74) is 1.39. The molecule has 0 fully saturated rings. The van der Waals surface area contributed by atoms with Crippen LogP contribution in [0.15, 0.2) is 30.5 Å². The summed E-state index contributed by atoms with van der Waals surface area (Å²) >= 11 is 0. The van der Waals surface area contributed by atoms with Crippen molar-refractivity contribution in [1.29, 1.82) is 0 Å². The van der Waals surface area contributed by atoms with Crippen LogP contribution in [0.1, 0.15) is 16.1 Å². The number of benzene rings is 1. The zero-order chi connectivity index (χ0) is 13.1. The molecule has 94 valence electrons. The maximum atomic E-state index is 12.7. The van der Waals surface area contributed by atoms with Crippen molar-refractivity contribution in [3.05, 3.63) is 47.5 Å². The average molecular weight is 249 g/mol. The highest BCUT2D eigenvalue weighted by Crippen LogP contribution is 2.15. The standard InChI is InChI=1S/C12H12FN3O2/c1-16-11(12(17)18)10(7-15-16)14-6-8-2-4-9(13)5-3-8/h2-5,7,14H,6H2,1H3,(H,17,18). The zero-order valence-electron chi connectivity index (χ0n) is 9.72. The monoisotopic (exact) mass is 249 g/mol. The van der Waals surface area contributed by atoms with Gasteiger partial charge in [-0.15, -0.1) is 0 Å². The third-order valence-electron chi connectivity index (χ3n) is 2.54. The number of anilines is 1. The highest BCUT2D eigenvalue weighted by atomic mass is 19.1. The molecule has 0 bridgehead atoms. The van der Waals surface area contributed by atoms with Crippen LogP contribution in [0.4, 0.5) is 10.1 Å². The highest BCUT2D eigenvalue weighted by Gasteiger charge is 2.15. The predicted molar refractivity (Wildman–Crippen MR) is 63.9 cm³/mol. The third-order valence-corrected chi connectivity index (χ3v) is 2.54. The molecule has 5 nitrogen and oxygen atoms in total. The molecule has 1 aromatic carbocycles. The Hall–Kier alpha value is -2.37. The Morgan fingerprint density at radius 3 is 2.72 bits per heavy atom. The van der Waals surface area contributed by atoms with Crippen LogP contribution >= 0.6 is 0 Å². The summed E-state index contributed by atoms with van der Waals surface area (Å²) in [6.07, 6.45) is 1.45. The highest BCUT2D eigenvalue weighted by molar-refractivity contribution is 5.92. The molecule has 0 saturated carbocycles. The lowest BCUT2D eigenvalue weighted by molar-refractivity contribution is 0.0686. The number of carbonyl (C=O) groups is 1. The molecule has 0 radical (unpaired) electrons. The summed E-state index contributed by atoms with van der Waals surface area (Å²) < 4.78 is 14.0. The van der Waals surface area contributed by atoms with Crippen molar-refractivity contribution in [3.8, 4) is 0 Å². The summed E-state index contributed by atoms with van der Waals surface area (Å²) in [5, 5.41) is 15.9. The number of rotatable bonds is 4. The molecule has 0 aliphatic heterocycles. The summed E-state index contributed by atoms with van der Waals surface area (Å²) in [7, 11) is 1.56. The van der Waals surface area contributed by atoms with Crippen LogP contribution in [-0.2, 0) is 13.6 Å². The lowest BCUT2D eigenvalue weighted by atomic mass is 10.2. The minimum absolute atomic E-state index is 0.0945. The van der Waals surface area contributed by atoms with E-state index in [1.165, 1.54) is 23.0 Å². The number of nitrogens with zero attached hydrogens (tertiary/aromatic N) is 2. The van der Waals surface area contributed by atoms with Gasteiger partial charge in [-0.3, -0.25) is 4.68 Å². The van der Waals surface area contributed by atoms with Crippen molar-refractivity contribution in [3.63, 3.8) is 0 Å². The van der Waals surface area contributed by atoms with Crippen LogP contribution in [0.25, 0.3) is 0 Å². The topological polar surface area (TPSA) is 67.2 Å². The average Bonchev–Trinajstić information content (AvgIpc) is 2.70. The first-order chi connectivity index (χ1) is 8.58. The Bertz CT molecular complexity index is 563. The van der Waals surface area contributed by atoms with E-state index in [9.17, 15) is 9.18 Å². The second kappa shape index (κ2) is 4.87. The number of carboxylic acid groups (broad SMARTS) is 1. The number of nitrogens with one attached hydrogen (secondary N) is 1. The van der Waals surface area contributed by atoms with Crippen LogP contribution in [0, 0.1) is 5.82 Å². The Balaban J connectivity index is 2.11. The van der Waals surface area contributed by atoms with Gasteiger partial charge in [-0.05, 0) is 17.7 Å². The van der Waals surface area contributed by atoms with Crippen molar-refractivity contribution < 1.29 is 14.3 Å². The molecule has 2 rings (SSSR count). The van der Waals surface area contributed by atoms with E-state index in [1.54, 1.807) is 19.2 Å². The molecule has 1 aromatic heterocycles. The summed E-state index contributed by atoms with van der Waals surface area (Å²) in [5.74, 6) is -1.34. The minimum atomic E-state index is -1.04. The number of aromatic carboxylic acids is 1. The van der Waals surface area contributed by atoms with Gasteiger partial charge in [-0.2, -0.15) is 5.10 Å². The van der Waals surface area contributed by atoms with E-state index < -0.39 is 5.97 Å². The van der Waals surface area contributed by atoms with Gasteiger partial charge in [0.2, 0.25) is 0 Å². The van der Waals surface area contributed by atoms with Gasteiger partial charge in [0.25, 0.3) is 0 Å². The van der Waals surface area contributed by atoms with Crippen LogP contribution in [0.2, 0.25) is 0 Å². The predicted octanol–water partition coefficient (Wildman–Crippen LogP) is 1.87. The van der Waals surface area contributed by atoms with Gasteiger partial charge >= 0.3 is 5.97 Å². The van der Waals surface area contributed by atoms with Crippen molar-refractivity contribution in [2.45, 2.75) is 6.54 Å². The number of halogens is 1. The Kier molecular flexibility index (Phi) is 3.27. The molecule has 6 heteroatoms. The van der Waals surface area contributed by atoms with Crippen molar-refractivity contribution in [2.24, 2.45) is 7.05 Å². The van der Waals surface area contributed by atoms with E-state index in [4.69, 9.17) is 5.11 Å². The van der Waals surface area contributed by atoms with E-state index >= 15 is 0 Å². The lowest BCUT2D eigenvalue weighted by Gasteiger charge is -2.05. The van der Waals surface area contributed by atoms with Gasteiger partial charge < -0.3 is 10.4 Å². The Morgan fingerprint density at radius 1 is 1.44 bits per heavy atom. The van der Waals surface area contributed by atoms with Crippen molar-refractivity contribution in [1.82, 2.24) is 9.78 Å². The molecule has 2 N–H and O–H groups in total. The third kappa shape index (κ3) is 2.48. The van der Waals surface area contributed by atoms with Crippen LogP contribution in [0.5, 0.6) is 0 Å². The summed E-state index contributed by atoms with van der Waals surface area (Å²) in [6, 6.07) is 6.00. The van der Waals surface area contributed by atoms with Crippen molar-refractivity contribution >= 4 is 11.7 Å². The van der Waals surface area contributed by atoms with E-state index in [0.29, 0.717) is 12.2 Å². The van der Waals surface area contributed by atoms with E-state index in [2.05, 4.69) is 10.4 Å². The fourth-order valence-electron chi connectivity index (χ4n) is 1.62. The number of aromatic nitrogens is 2. The number of carboxylic acids is 1. The number of hydrogen-bond donors (Lipinski definition) is 2. The van der Waals surface area contributed by atoms with Gasteiger partial charge in [0.05, 0.1) is 11.9 Å². The van der Waals surface area contributed by atoms with E-state index in [1.807, 2.05) is 0 Å². The molecular weight excluding hydrogens is 237 g/mol. The van der Waals surface area contributed by atoms with Gasteiger partial charge in [0.15, 0.2) is 5.69 Å². The molecule has 0 aliphatic rings. The normalized spacial score (nSPS) is 10.3. The lowest BCUT2D eigenvalue weighted by Crippen LogP contribution is -2.09. The summed E-state index contributed by atoms with van der Waals surface area (Å²) in [6.45, 7) is 0.409. The number of aryl methyl sites for hydroxylation is 1. The first-order valence-corrected chi connectivity index (χ1v) is 5.31. The van der Waals surface area contributed by atoms with Gasteiger partial charge in [0, 0.05) is 13.6 Å². The first kappa shape index (κ1) is 12.1. The molecule has 0 spiro atoms. The molecule has 0 amide bonds. The molecule has 0 unspecified atom stereocenters. The summed E-state index contributed by atoms with van der Waals surface area (Å²) in [4.78, 5) is 11.0. The van der Waals surface area contributed by atoms with Gasteiger partial charge in [-0.1, -0.05) is 12.1 Å². The maximum Gasteiger partial charge on any atom is 0.356 e. The largest absolute Gasteiger partial charge is 0.476 e. The smallest absolute Gasteiger partial charge is 0.356 e. The van der Waals surface area contributed by atoms with Gasteiger partial charge in [0.1, 0.15) is 5.82 Å². The maximum absolute atomic E-state index is 12.7. The second-order valence-electron chi connectivity index (χ2n) is 3.82. The fourth-order valence-corrected chi connectivity index (χ4v) is 1.62. The first-order valence-electron chi connectivity index (χ1n) is 5.31. The fraction of sp³-hybridized carbons (Fsp3) is 0.167. The minimum Gasteiger partial charge on any atom is -0.476 e. The molecule has 1 heterocycles. The Labute approximate surface area is 103 Å². The zero-order valence-corrected chi connectivity index (χ0v) is 9.72. The van der Waals surface area contributed by atoms with E-state index in [0.717, 1.165) is 5.56 Å². The number of hydrogen-bond acceptors (Lipinski definition) is 3. The van der Waals surface area contributed by atoms with Crippen LogP contribution in [0.3, 0.4) is 0 Å². The van der Waals surface area contributed by atoms with Crippen molar-refractivity contribution in [2.75, 3.05) is 5.32 Å². The second-order valence-corrected chi connectivity index (χ2v) is 3.82. The van der Waals surface area contributed by atoms with Crippen LogP contribution in [-0.4, -0.2) is 20.9 Å². The molecular formula is C12H12FN3O2. The molecule has 0 aliphatic carbocycles. The SMILES string of the molecule is Cn1ncc(NCc2ccc(F)cc2)c1C(=O)O.